The van der Waals surface area contributed by atoms with Crippen molar-refractivity contribution in [3.63, 3.8) is 0 Å². The Morgan fingerprint density at radius 2 is 1.75 bits per heavy atom. The number of amides is 1. The van der Waals surface area contributed by atoms with Crippen molar-refractivity contribution in [3.05, 3.63) is 45.9 Å². The molecular weight excluding hydrogens is 374 g/mol. The standard InChI is InChI=1S/C18H16BrNO4/c1-22-15-7-4-10(16(23-2)17(15)24-3)8-13-12-9-11(19)5-6-14(12)20-18(13)21/h4-9H,1-3H3,(H,20,21). The Hall–Kier alpha value is -2.47. The molecule has 5 nitrogen and oxygen atoms in total. The van der Waals surface area contributed by atoms with Crippen LogP contribution in [0.15, 0.2) is 34.8 Å². The fraction of sp³-hybridized carbons (Fsp3) is 0.167. The van der Waals surface area contributed by atoms with Crippen LogP contribution in [-0.2, 0) is 4.79 Å². The minimum absolute atomic E-state index is 0.153. The number of anilines is 1. The second-order valence-corrected chi connectivity index (χ2v) is 6.04. The first-order chi connectivity index (χ1) is 11.6. The van der Waals surface area contributed by atoms with E-state index in [1.807, 2.05) is 24.3 Å². The number of methoxy groups -OCH3 is 3. The molecule has 0 bridgehead atoms. The third-order valence-electron chi connectivity index (χ3n) is 3.80. The van der Waals surface area contributed by atoms with Crippen LogP contribution in [0.2, 0.25) is 0 Å². The highest BCUT2D eigenvalue weighted by Gasteiger charge is 2.25. The van der Waals surface area contributed by atoms with Gasteiger partial charge in [0.25, 0.3) is 5.91 Å². The molecular formula is C18H16BrNO4. The zero-order chi connectivity index (χ0) is 17.3. The minimum Gasteiger partial charge on any atom is -0.493 e. The Morgan fingerprint density at radius 1 is 1.00 bits per heavy atom. The van der Waals surface area contributed by atoms with Crippen molar-refractivity contribution < 1.29 is 19.0 Å². The van der Waals surface area contributed by atoms with Crippen molar-refractivity contribution in [2.45, 2.75) is 0 Å². The predicted octanol–water partition coefficient (Wildman–Crippen LogP) is 3.97. The van der Waals surface area contributed by atoms with Gasteiger partial charge in [-0.15, -0.1) is 0 Å². The number of fused-ring (bicyclic) bond motifs is 1. The van der Waals surface area contributed by atoms with Crippen LogP contribution in [0.5, 0.6) is 17.2 Å². The second kappa shape index (κ2) is 6.57. The molecule has 1 aliphatic rings. The average Bonchev–Trinajstić information content (AvgIpc) is 2.89. The molecule has 0 spiro atoms. The first kappa shape index (κ1) is 16.4. The van der Waals surface area contributed by atoms with E-state index in [-0.39, 0.29) is 5.91 Å². The predicted molar refractivity (Wildman–Crippen MR) is 96.7 cm³/mol. The van der Waals surface area contributed by atoms with Gasteiger partial charge in [-0.3, -0.25) is 4.79 Å². The molecule has 1 amide bonds. The molecule has 2 aromatic rings. The highest BCUT2D eigenvalue weighted by molar-refractivity contribution is 9.10. The first-order valence-corrected chi connectivity index (χ1v) is 8.00. The molecule has 2 aromatic carbocycles. The van der Waals surface area contributed by atoms with E-state index in [2.05, 4.69) is 21.2 Å². The molecule has 0 atom stereocenters. The molecule has 6 heteroatoms. The summed E-state index contributed by atoms with van der Waals surface area (Å²) in [6.07, 6.45) is 1.79. The number of ether oxygens (including phenoxy) is 3. The Kier molecular flexibility index (Phi) is 4.49. The monoisotopic (exact) mass is 389 g/mol. The number of carbonyl (C=O) groups excluding carboxylic acids is 1. The summed E-state index contributed by atoms with van der Waals surface area (Å²) in [5.41, 5.74) is 2.92. The van der Waals surface area contributed by atoms with Crippen LogP contribution >= 0.6 is 15.9 Å². The largest absolute Gasteiger partial charge is 0.493 e. The van der Waals surface area contributed by atoms with Crippen LogP contribution < -0.4 is 19.5 Å². The molecule has 1 heterocycles. The maximum Gasteiger partial charge on any atom is 0.256 e. The lowest BCUT2D eigenvalue weighted by molar-refractivity contribution is -0.110. The zero-order valence-electron chi connectivity index (χ0n) is 13.5. The fourth-order valence-corrected chi connectivity index (χ4v) is 3.06. The third kappa shape index (κ3) is 2.73. The Balaban J connectivity index is 2.16. The molecule has 1 aliphatic heterocycles. The summed E-state index contributed by atoms with van der Waals surface area (Å²) in [6.45, 7) is 0. The van der Waals surface area contributed by atoms with Gasteiger partial charge < -0.3 is 19.5 Å². The molecule has 0 fully saturated rings. The molecule has 24 heavy (non-hydrogen) atoms. The van der Waals surface area contributed by atoms with Crippen LogP contribution in [0.3, 0.4) is 0 Å². The van der Waals surface area contributed by atoms with Crippen LogP contribution in [0.4, 0.5) is 5.69 Å². The first-order valence-electron chi connectivity index (χ1n) is 7.21. The maximum absolute atomic E-state index is 12.3. The fourth-order valence-electron chi connectivity index (χ4n) is 2.70. The summed E-state index contributed by atoms with van der Waals surface area (Å²) >= 11 is 3.44. The summed E-state index contributed by atoms with van der Waals surface area (Å²) in [7, 11) is 4.66. The van der Waals surface area contributed by atoms with E-state index in [4.69, 9.17) is 14.2 Å². The molecule has 0 unspecified atom stereocenters. The average molecular weight is 390 g/mol. The number of carbonyl (C=O) groups is 1. The van der Waals surface area contributed by atoms with E-state index in [1.54, 1.807) is 33.5 Å². The number of nitrogens with one attached hydrogen (secondary N) is 1. The topological polar surface area (TPSA) is 56.8 Å². The lowest BCUT2D eigenvalue weighted by Gasteiger charge is -2.14. The van der Waals surface area contributed by atoms with Gasteiger partial charge in [0.05, 0.1) is 21.3 Å². The molecule has 0 saturated carbocycles. The van der Waals surface area contributed by atoms with Gasteiger partial charge in [-0.2, -0.15) is 0 Å². The number of benzene rings is 2. The maximum atomic E-state index is 12.3. The summed E-state index contributed by atoms with van der Waals surface area (Å²) in [5.74, 6) is 1.42. The van der Waals surface area contributed by atoms with Crippen LogP contribution in [0.1, 0.15) is 11.1 Å². The lowest BCUT2D eigenvalue weighted by atomic mass is 10.0. The van der Waals surface area contributed by atoms with Gasteiger partial charge in [-0.05, 0) is 36.4 Å². The van der Waals surface area contributed by atoms with Crippen LogP contribution in [-0.4, -0.2) is 27.2 Å². The SMILES string of the molecule is COc1ccc(C=C2C(=O)Nc3ccc(Br)cc32)c(OC)c1OC. The van der Waals surface area contributed by atoms with Crippen molar-refractivity contribution in [2.75, 3.05) is 26.6 Å². The van der Waals surface area contributed by atoms with Gasteiger partial charge in [0.2, 0.25) is 5.75 Å². The highest BCUT2D eigenvalue weighted by atomic mass is 79.9. The Bertz CT molecular complexity index is 845. The summed E-state index contributed by atoms with van der Waals surface area (Å²) in [4.78, 5) is 12.3. The van der Waals surface area contributed by atoms with Crippen LogP contribution in [0.25, 0.3) is 11.6 Å². The summed E-state index contributed by atoms with van der Waals surface area (Å²) in [6, 6.07) is 9.27. The van der Waals surface area contributed by atoms with Crippen LogP contribution in [0, 0.1) is 0 Å². The molecule has 0 aliphatic carbocycles. The van der Waals surface area contributed by atoms with E-state index < -0.39 is 0 Å². The van der Waals surface area contributed by atoms with E-state index >= 15 is 0 Å². The van der Waals surface area contributed by atoms with Crippen molar-refractivity contribution in [3.8, 4) is 17.2 Å². The van der Waals surface area contributed by atoms with E-state index in [9.17, 15) is 4.79 Å². The summed E-state index contributed by atoms with van der Waals surface area (Å²) < 4.78 is 17.1. The van der Waals surface area contributed by atoms with Crippen molar-refractivity contribution in [2.24, 2.45) is 0 Å². The molecule has 0 aromatic heterocycles. The number of rotatable bonds is 4. The Morgan fingerprint density at radius 3 is 2.42 bits per heavy atom. The van der Waals surface area contributed by atoms with E-state index in [0.717, 1.165) is 21.3 Å². The molecule has 124 valence electrons. The van der Waals surface area contributed by atoms with Gasteiger partial charge >= 0.3 is 0 Å². The normalized spacial score (nSPS) is 14.3. The number of hydrogen-bond donors (Lipinski definition) is 1. The molecule has 0 radical (unpaired) electrons. The number of hydrogen-bond acceptors (Lipinski definition) is 4. The van der Waals surface area contributed by atoms with Crippen molar-refractivity contribution in [1.29, 1.82) is 0 Å². The quantitative estimate of drug-likeness (QED) is 0.803. The highest BCUT2D eigenvalue weighted by Crippen LogP contribution is 2.42. The van der Waals surface area contributed by atoms with Crippen molar-refractivity contribution >= 4 is 39.2 Å². The lowest BCUT2D eigenvalue weighted by Crippen LogP contribution is -2.04. The van der Waals surface area contributed by atoms with Crippen molar-refractivity contribution in [1.82, 2.24) is 0 Å². The Labute approximate surface area is 148 Å². The summed E-state index contributed by atoms with van der Waals surface area (Å²) in [5, 5.41) is 2.86. The zero-order valence-corrected chi connectivity index (χ0v) is 15.1. The van der Waals surface area contributed by atoms with Gasteiger partial charge in [0.15, 0.2) is 11.5 Å². The molecule has 1 N–H and O–H groups in total. The van der Waals surface area contributed by atoms with Gasteiger partial charge in [0, 0.05) is 26.9 Å². The molecule has 0 saturated heterocycles. The van der Waals surface area contributed by atoms with E-state index in [1.165, 1.54) is 0 Å². The minimum atomic E-state index is -0.153. The van der Waals surface area contributed by atoms with Gasteiger partial charge in [0.1, 0.15) is 0 Å². The van der Waals surface area contributed by atoms with Gasteiger partial charge in [-0.25, -0.2) is 0 Å². The smallest absolute Gasteiger partial charge is 0.256 e. The third-order valence-corrected chi connectivity index (χ3v) is 4.29. The number of halogens is 1. The van der Waals surface area contributed by atoms with E-state index in [0.29, 0.717) is 22.8 Å². The molecule has 3 rings (SSSR count). The second-order valence-electron chi connectivity index (χ2n) is 5.13. The van der Waals surface area contributed by atoms with Gasteiger partial charge in [-0.1, -0.05) is 15.9 Å².